The zero-order valence-corrected chi connectivity index (χ0v) is 12.9. The second-order valence-corrected chi connectivity index (χ2v) is 6.65. The largest absolute Gasteiger partial charge is 0.484 e. The third-order valence-electron chi connectivity index (χ3n) is 3.23. The molecule has 3 rings (SSSR count). The fourth-order valence-electron chi connectivity index (χ4n) is 2.21. The number of hydrogen-bond acceptors (Lipinski definition) is 3. The van der Waals surface area contributed by atoms with E-state index in [1.54, 1.807) is 11.3 Å². The molecular weight excluding hydrogens is 324 g/mol. The molecule has 1 aliphatic heterocycles. The summed E-state index contributed by atoms with van der Waals surface area (Å²) in [5.41, 5.74) is 0.687. The first-order valence-corrected chi connectivity index (χ1v) is 7.86. The molecule has 2 nitrogen and oxygen atoms in total. The van der Waals surface area contributed by atoms with Crippen molar-refractivity contribution in [3.63, 3.8) is 0 Å². The van der Waals surface area contributed by atoms with Crippen LogP contribution in [-0.2, 0) is 6.42 Å². The Morgan fingerprint density at radius 2 is 2.21 bits per heavy atom. The molecule has 1 unspecified atom stereocenters. The van der Waals surface area contributed by atoms with Gasteiger partial charge in [-0.1, -0.05) is 22.9 Å². The first-order chi connectivity index (χ1) is 9.17. The lowest BCUT2D eigenvalue weighted by Crippen LogP contribution is -2.19. The van der Waals surface area contributed by atoms with Gasteiger partial charge in [0.05, 0.1) is 12.0 Å². The number of carbonyl (C=O) groups is 1. The summed E-state index contributed by atoms with van der Waals surface area (Å²) < 4.78 is 6.92. The average molecular weight is 337 g/mol. The Kier molecular flexibility index (Phi) is 3.46. The predicted octanol–water partition coefficient (Wildman–Crippen LogP) is 4.78. The van der Waals surface area contributed by atoms with Gasteiger partial charge in [-0.15, -0.1) is 11.3 Å². The Bertz CT molecular complexity index is 633. The molecular formula is C15H13BrO2S. The Balaban J connectivity index is 1.93. The monoisotopic (exact) mass is 336 g/mol. The fourth-order valence-corrected chi connectivity index (χ4v) is 3.54. The summed E-state index contributed by atoms with van der Waals surface area (Å²) in [6, 6.07) is 9.76. The highest BCUT2D eigenvalue weighted by Gasteiger charge is 2.28. The molecule has 2 aromatic rings. The highest BCUT2D eigenvalue weighted by Crippen LogP contribution is 2.38. The van der Waals surface area contributed by atoms with Crippen LogP contribution in [0.1, 0.15) is 39.6 Å². The molecule has 0 radical (unpaired) electrons. The summed E-state index contributed by atoms with van der Waals surface area (Å²) in [4.78, 5) is 14.6. The number of benzene rings is 1. The first-order valence-electron chi connectivity index (χ1n) is 6.25. The number of carbonyl (C=O) groups excluding carboxylic acids is 1. The van der Waals surface area contributed by atoms with Crippen LogP contribution in [0.15, 0.2) is 34.8 Å². The average Bonchev–Trinajstić information content (AvgIpc) is 2.86. The minimum absolute atomic E-state index is 0.139. The van der Waals surface area contributed by atoms with Crippen molar-refractivity contribution in [2.24, 2.45) is 0 Å². The maximum Gasteiger partial charge on any atom is 0.170 e. The molecule has 4 heteroatoms. The van der Waals surface area contributed by atoms with E-state index in [1.807, 2.05) is 18.2 Å². The summed E-state index contributed by atoms with van der Waals surface area (Å²) in [6.07, 6.45) is 1.31. The zero-order chi connectivity index (χ0) is 13.4. The van der Waals surface area contributed by atoms with Crippen LogP contribution in [0.3, 0.4) is 0 Å². The van der Waals surface area contributed by atoms with Crippen molar-refractivity contribution in [2.45, 2.75) is 25.9 Å². The molecule has 0 fully saturated rings. The van der Waals surface area contributed by atoms with Crippen LogP contribution in [0, 0.1) is 0 Å². The van der Waals surface area contributed by atoms with Gasteiger partial charge in [-0.05, 0) is 36.8 Å². The van der Waals surface area contributed by atoms with Crippen molar-refractivity contribution in [3.8, 4) is 5.75 Å². The minimum atomic E-state index is -0.139. The maximum atomic E-state index is 12.2. The molecule has 0 amide bonds. The van der Waals surface area contributed by atoms with Gasteiger partial charge in [-0.3, -0.25) is 4.79 Å². The molecule has 0 N–H and O–H groups in total. The predicted molar refractivity (Wildman–Crippen MR) is 80.2 cm³/mol. The lowest BCUT2D eigenvalue weighted by Gasteiger charge is -2.24. The number of aryl methyl sites for hydroxylation is 1. The van der Waals surface area contributed by atoms with E-state index in [4.69, 9.17) is 4.74 Å². The molecule has 2 heterocycles. The van der Waals surface area contributed by atoms with Gasteiger partial charge in [0.15, 0.2) is 5.78 Å². The van der Waals surface area contributed by atoms with E-state index in [9.17, 15) is 4.79 Å². The van der Waals surface area contributed by atoms with Gasteiger partial charge < -0.3 is 4.74 Å². The first kappa shape index (κ1) is 12.9. The number of fused-ring (bicyclic) bond motifs is 1. The third-order valence-corrected chi connectivity index (χ3v) is 5.05. The number of ketones is 1. The van der Waals surface area contributed by atoms with Gasteiger partial charge >= 0.3 is 0 Å². The molecule has 1 aromatic heterocycles. The summed E-state index contributed by atoms with van der Waals surface area (Å²) in [5, 5.41) is 0. The summed E-state index contributed by atoms with van der Waals surface area (Å²) in [6.45, 7) is 2.13. The number of ether oxygens (including phenoxy) is 1. The molecule has 1 aromatic carbocycles. The highest BCUT2D eigenvalue weighted by molar-refractivity contribution is 9.10. The topological polar surface area (TPSA) is 26.3 Å². The third kappa shape index (κ3) is 2.47. The summed E-state index contributed by atoms with van der Waals surface area (Å²) in [7, 11) is 0. The second kappa shape index (κ2) is 5.10. The van der Waals surface area contributed by atoms with Gasteiger partial charge in [-0.2, -0.15) is 0 Å². The SMILES string of the molecule is CCc1ccc(C2CC(=O)c3ccc(Br)cc3O2)s1. The van der Waals surface area contributed by atoms with Gasteiger partial charge in [0.2, 0.25) is 0 Å². The Morgan fingerprint density at radius 1 is 1.37 bits per heavy atom. The number of hydrogen-bond donors (Lipinski definition) is 0. The molecule has 0 saturated carbocycles. The van der Waals surface area contributed by atoms with Crippen LogP contribution in [-0.4, -0.2) is 5.78 Å². The zero-order valence-electron chi connectivity index (χ0n) is 10.5. The van der Waals surface area contributed by atoms with Gasteiger partial charge in [0, 0.05) is 14.2 Å². The van der Waals surface area contributed by atoms with Crippen LogP contribution in [0.5, 0.6) is 5.75 Å². The minimum Gasteiger partial charge on any atom is -0.484 e. The molecule has 19 heavy (non-hydrogen) atoms. The highest BCUT2D eigenvalue weighted by atomic mass is 79.9. The van der Waals surface area contributed by atoms with E-state index in [2.05, 4.69) is 35.0 Å². The lowest BCUT2D eigenvalue weighted by molar-refractivity contribution is 0.0854. The van der Waals surface area contributed by atoms with Gasteiger partial charge in [-0.25, -0.2) is 0 Å². The summed E-state index contributed by atoms with van der Waals surface area (Å²) in [5.74, 6) is 0.840. The van der Waals surface area contributed by atoms with E-state index < -0.39 is 0 Å². The van der Waals surface area contributed by atoms with Crippen molar-refractivity contribution in [1.82, 2.24) is 0 Å². The van der Waals surface area contributed by atoms with Crippen LogP contribution < -0.4 is 4.74 Å². The van der Waals surface area contributed by atoms with E-state index in [1.165, 1.54) is 4.88 Å². The maximum absolute atomic E-state index is 12.2. The van der Waals surface area contributed by atoms with E-state index in [-0.39, 0.29) is 11.9 Å². The molecule has 0 spiro atoms. The Morgan fingerprint density at radius 3 is 2.95 bits per heavy atom. The summed E-state index contributed by atoms with van der Waals surface area (Å²) >= 11 is 5.14. The Hall–Kier alpha value is -1.13. The van der Waals surface area contributed by atoms with Crippen molar-refractivity contribution in [2.75, 3.05) is 0 Å². The number of rotatable bonds is 2. The van der Waals surface area contributed by atoms with Crippen LogP contribution in [0.4, 0.5) is 0 Å². The lowest BCUT2D eigenvalue weighted by atomic mass is 10.00. The van der Waals surface area contributed by atoms with Crippen molar-refractivity contribution < 1.29 is 9.53 Å². The quantitative estimate of drug-likeness (QED) is 0.788. The molecule has 0 aliphatic carbocycles. The van der Waals surface area contributed by atoms with Crippen molar-refractivity contribution in [3.05, 3.63) is 50.1 Å². The Labute approximate surface area is 124 Å². The number of Topliss-reactive ketones (excluding diaryl/α,β-unsaturated/α-hetero) is 1. The number of halogens is 1. The van der Waals surface area contributed by atoms with Crippen LogP contribution in [0.2, 0.25) is 0 Å². The molecule has 1 aliphatic rings. The van der Waals surface area contributed by atoms with Crippen molar-refractivity contribution >= 4 is 33.0 Å². The van der Waals surface area contributed by atoms with E-state index in [0.717, 1.165) is 15.8 Å². The smallest absolute Gasteiger partial charge is 0.170 e. The molecule has 98 valence electrons. The van der Waals surface area contributed by atoms with E-state index in [0.29, 0.717) is 17.7 Å². The van der Waals surface area contributed by atoms with Crippen molar-refractivity contribution in [1.29, 1.82) is 0 Å². The number of thiophene rings is 1. The fraction of sp³-hybridized carbons (Fsp3) is 0.267. The molecule has 0 bridgehead atoms. The van der Waals surface area contributed by atoms with Crippen LogP contribution >= 0.6 is 27.3 Å². The van der Waals surface area contributed by atoms with Crippen LogP contribution in [0.25, 0.3) is 0 Å². The van der Waals surface area contributed by atoms with Gasteiger partial charge in [0.1, 0.15) is 11.9 Å². The van der Waals surface area contributed by atoms with E-state index >= 15 is 0 Å². The second-order valence-electron chi connectivity index (χ2n) is 4.53. The van der Waals surface area contributed by atoms with Gasteiger partial charge in [0.25, 0.3) is 0 Å². The molecule has 0 saturated heterocycles. The normalized spacial score (nSPS) is 18.0. The standard InChI is InChI=1S/C15H13BrO2S/c1-2-10-4-6-15(19-10)14-8-12(17)11-5-3-9(16)7-13(11)18-14/h3-7,14H,2,8H2,1H3. The molecule has 1 atom stereocenters.